The highest BCUT2D eigenvalue weighted by Crippen LogP contribution is 2.34. The van der Waals surface area contributed by atoms with Crippen molar-refractivity contribution in [2.75, 3.05) is 83.4 Å². The molecule has 2 heterocycles. The van der Waals surface area contributed by atoms with Crippen molar-refractivity contribution in [1.82, 2.24) is 15.1 Å². The number of nitrogens with zero attached hydrogens (tertiary/aromatic N) is 4. The fourth-order valence-corrected chi connectivity index (χ4v) is 4.32. The van der Waals surface area contributed by atoms with E-state index in [2.05, 4.69) is 65.4 Å². The molecule has 28 heavy (non-hydrogen) atoms. The summed E-state index contributed by atoms with van der Waals surface area (Å²) >= 11 is 0. The van der Waals surface area contributed by atoms with Crippen LogP contribution in [0.4, 0.5) is 16.2 Å². The summed E-state index contributed by atoms with van der Waals surface area (Å²) in [6.07, 6.45) is 1.16. The fraction of sp³-hybridized carbons (Fsp3) is 0.667. The number of aliphatic hydroxyl groups is 1. The van der Waals surface area contributed by atoms with E-state index in [1.54, 1.807) is 0 Å². The molecule has 2 saturated heterocycles. The maximum Gasteiger partial charge on any atom is 0.317 e. The van der Waals surface area contributed by atoms with E-state index >= 15 is 0 Å². The second kappa shape index (κ2) is 9.47. The molecule has 0 aromatic heterocycles. The van der Waals surface area contributed by atoms with Gasteiger partial charge in [0, 0.05) is 69.5 Å². The maximum atomic E-state index is 12.1. The number of carbonyl (C=O) groups is 1. The van der Waals surface area contributed by atoms with Crippen molar-refractivity contribution in [2.45, 2.75) is 6.42 Å². The third-order valence-corrected chi connectivity index (χ3v) is 5.92. The van der Waals surface area contributed by atoms with Crippen LogP contribution < -0.4 is 15.1 Å². The number of fused-ring (bicyclic) bond motifs is 1. The molecule has 2 unspecified atom stereocenters. The molecule has 2 aliphatic heterocycles. The van der Waals surface area contributed by atoms with Crippen molar-refractivity contribution in [3.63, 3.8) is 0 Å². The molecule has 7 heteroatoms. The van der Waals surface area contributed by atoms with Gasteiger partial charge in [0.05, 0.1) is 6.61 Å². The first-order valence-electron chi connectivity index (χ1n) is 10.3. The lowest BCUT2D eigenvalue weighted by molar-refractivity contribution is 0.201. The Balaban J connectivity index is 1.48. The summed E-state index contributed by atoms with van der Waals surface area (Å²) in [4.78, 5) is 21.0. The van der Waals surface area contributed by atoms with Gasteiger partial charge in [-0.05, 0) is 51.3 Å². The van der Waals surface area contributed by atoms with E-state index in [0.717, 1.165) is 45.7 Å². The first-order valence-corrected chi connectivity index (χ1v) is 10.3. The van der Waals surface area contributed by atoms with Gasteiger partial charge in [-0.2, -0.15) is 0 Å². The Morgan fingerprint density at radius 2 is 1.71 bits per heavy atom. The normalized spacial score (nSPS) is 21.3. The van der Waals surface area contributed by atoms with Gasteiger partial charge < -0.3 is 30.0 Å². The van der Waals surface area contributed by atoms with E-state index in [0.29, 0.717) is 18.4 Å². The maximum absolute atomic E-state index is 12.1. The van der Waals surface area contributed by atoms with Gasteiger partial charge in [-0.15, -0.1) is 0 Å². The minimum atomic E-state index is -0.0448. The van der Waals surface area contributed by atoms with Crippen LogP contribution in [-0.4, -0.2) is 94.5 Å². The van der Waals surface area contributed by atoms with E-state index in [1.807, 2.05) is 4.90 Å². The van der Waals surface area contributed by atoms with Crippen LogP contribution in [0.25, 0.3) is 0 Å². The van der Waals surface area contributed by atoms with E-state index < -0.39 is 0 Å². The summed E-state index contributed by atoms with van der Waals surface area (Å²) < 4.78 is 0. The van der Waals surface area contributed by atoms with Gasteiger partial charge in [0.15, 0.2) is 0 Å². The highest BCUT2D eigenvalue weighted by atomic mass is 16.3. The zero-order valence-electron chi connectivity index (χ0n) is 17.5. The Hall–Kier alpha value is -1.99. The Bertz CT molecular complexity index is 622. The van der Waals surface area contributed by atoms with Crippen LogP contribution in [0.5, 0.6) is 0 Å². The molecule has 0 spiro atoms. The summed E-state index contributed by atoms with van der Waals surface area (Å²) in [6.45, 7) is 6.11. The van der Waals surface area contributed by atoms with Crippen molar-refractivity contribution in [2.24, 2.45) is 11.8 Å². The number of hydrogen-bond acceptors (Lipinski definition) is 5. The molecule has 0 saturated carbocycles. The number of nitrogens with one attached hydrogen (secondary N) is 1. The van der Waals surface area contributed by atoms with Gasteiger partial charge in [-0.1, -0.05) is 0 Å². The average Bonchev–Trinajstić information content (AvgIpc) is 3.25. The lowest BCUT2D eigenvalue weighted by Crippen LogP contribution is -2.41. The van der Waals surface area contributed by atoms with Crippen molar-refractivity contribution in [3.8, 4) is 0 Å². The number of amides is 2. The number of carbonyl (C=O) groups excluding carboxylic acids is 1. The van der Waals surface area contributed by atoms with E-state index in [9.17, 15) is 4.79 Å². The van der Waals surface area contributed by atoms with Crippen LogP contribution in [0.1, 0.15) is 6.42 Å². The SMILES string of the molecule is CN(C)CCCN(C)c1ccc(N2CC3CN(C(=O)NCCO)CC3C2)cc1. The molecular formula is C21H35N5O2. The highest BCUT2D eigenvalue weighted by Gasteiger charge is 2.41. The van der Waals surface area contributed by atoms with Gasteiger partial charge in [-0.25, -0.2) is 4.79 Å². The van der Waals surface area contributed by atoms with Crippen LogP contribution in [0.3, 0.4) is 0 Å². The molecule has 1 aromatic carbocycles. The molecule has 0 aliphatic carbocycles. The molecule has 0 radical (unpaired) electrons. The minimum absolute atomic E-state index is 0.0128. The smallest absolute Gasteiger partial charge is 0.317 e. The molecule has 3 rings (SSSR count). The van der Waals surface area contributed by atoms with Gasteiger partial charge >= 0.3 is 6.03 Å². The van der Waals surface area contributed by atoms with Crippen LogP contribution in [0.15, 0.2) is 24.3 Å². The highest BCUT2D eigenvalue weighted by molar-refractivity contribution is 5.74. The second-order valence-corrected chi connectivity index (χ2v) is 8.38. The molecule has 0 bridgehead atoms. The molecule has 1 aromatic rings. The van der Waals surface area contributed by atoms with Crippen LogP contribution >= 0.6 is 0 Å². The van der Waals surface area contributed by atoms with Crippen LogP contribution in [-0.2, 0) is 0 Å². The van der Waals surface area contributed by atoms with E-state index in [1.165, 1.54) is 11.4 Å². The van der Waals surface area contributed by atoms with Crippen molar-refractivity contribution in [1.29, 1.82) is 0 Å². The molecule has 2 atom stereocenters. The molecule has 2 N–H and O–H groups in total. The lowest BCUT2D eigenvalue weighted by Gasteiger charge is -2.25. The summed E-state index contributed by atoms with van der Waals surface area (Å²) in [5, 5.41) is 11.6. The zero-order chi connectivity index (χ0) is 20.1. The quantitative estimate of drug-likeness (QED) is 0.698. The minimum Gasteiger partial charge on any atom is -0.395 e. The summed E-state index contributed by atoms with van der Waals surface area (Å²) in [5.41, 5.74) is 2.53. The monoisotopic (exact) mass is 389 g/mol. The largest absolute Gasteiger partial charge is 0.395 e. The average molecular weight is 390 g/mol. The molecule has 2 fully saturated rings. The van der Waals surface area contributed by atoms with E-state index in [4.69, 9.17) is 5.11 Å². The van der Waals surface area contributed by atoms with Crippen LogP contribution in [0.2, 0.25) is 0 Å². The summed E-state index contributed by atoms with van der Waals surface area (Å²) in [7, 11) is 6.38. The number of rotatable bonds is 8. The molecule has 156 valence electrons. The molecular weight excluding hydrogens is 354 g/mol. The van der Waals surface area contributed by atoms with Gasteiger partial charge in [0.25, 0.3) is 0 Å². The topological polar surface area (TPSA) is 62.3 Å². The third-order valence-electron chi connectivity index (χ3n) is 5.92. The predicted molar refractivity (Wildman–Crippen MR) is 114 cm³/mol. The number of benzene rings is 1. The van der Waals surface area contributed by atoms with Crippen molar-refractivity contribution in [3.05, 3.63) is 24.3 Å². The number of anilines is 2. The number of hydrogen-bond donors (Lipinski definition) is 2. The van der Waals surface area contributed by atoms with E-state index in [-0.39, 0.29) is 12.6 Å². The van der Waals surface area contributed by atoms with Gasteiger partial charge in [-0.3, -0.25) is 0 Å². The number of likely N-dealkylation sites (tertiary alicyclic amines) is 1. The molecule has 7 nitrogen and oxygen atoms in total. The predicted octanol–water partition coefficient (Wildman–Crippen LogP) is 1.14. The number of urea groups is 1. The summed E-state index contributed by atoms with van der Waals surface area (Å²) in [5.74, 6) is 1.07. The van der Waals surface area contributed by atoms with Crippen molar-refractivity contribution >= 4 is 17.4 Å². The number of aliphatic hydroxyl groups excluding tert-OH is 1. The third kappa shape index (κ3) is 5.08. The Morgan fingerprint density at radius 1 is 1.07 bits per heavy atom. The first kappa shape index (κ1) is 20.7. The Kier molecular flexibility index (Phi) is 7.02. The molecule has 2 amide bonds. The molecule has 2 aliphatic rings. The lowest BCUT2D eigenvalue weighted by atomic mass is 10.0. The van der Waals surface area contributed by atoms with Crippen molar-refractivity contribution < 1.29 is 9.90 Å². The summed E-state index contributed by atoms with van der Waals surface area (Å²) in [6, 6.07) is 8.84. The fourth-order valence-electron chi connectivity index (χ4n) is 4.32. The van der Waals surface area contributed by atoms with Gasteiger partial charge in [0.1, 0.15) is 0 Å². The Morgan fingerprint density at radius 3 is 2.29 bits per heavy atom. The second-order valence-electron chi connectivity index (χ2n) is 8.38. The van der Waals surface area contributed by atoms with Gasteiger partial charge in [0.2, 0.25) is 0 Å². The first-order chi connectivity index (χ1) is 13.5. The standard InChI is InChI=1S/C21H35N5O2/c1-23(2)10-4-11-24(3)19-5-7-20(8-6-19)25-13-17-15-26(16-18(17)14-25)21(28)22-9-12-27/h5-8,17-18,27H,4,9-16H2,1-3H3,(H,22,28). The van der Waals surface area contributed by atoms with Crippen LogP contribution in [0, 0.1) is 11.8 Å². The zero-order valence-corrected chi connectivity index (χ0v) is 17.5. The Labute approximate surface area is 168 Å².